The third-order valence-corrected chi connectivity index (χ3v) is 2.50. The van der Waals surface area contributed by atoms with Crippen molar-refractivity contribution in [2.45, 2.75) is 38.6 Å². The molecular weight excluding hydrogens is 184 g/mol. The van der Waals surface area contributed by atoms with Crippen LogP contribution in [0.25, 0.3) is 0 Å². The van der Waals surface area contributed by atoms with Gasteiger partial charge >= 0.3 is 0 Å². The van der Waals surface area contributed by atoms with E-state index in [1.807, 2.05) is 24.5 Å². The van der Waals surface area contributed by atoms with Crippen molar-refractivity contribution in [3.63, 3.8) is 0 Å². The molecule has 0 saturated heterocycles. The highest BCUT2D eigenvalue weighted by Crippen LogP contribution is 2.09. The molecule has 1 heterocycles. The first-order valence-electron chi connectivity index (χ1n) is 5.47. The molecule has 1 aromatic rings. The molecule has 2 nitrogen and oxygen atoms in total. The van der Waals surface area contributed by atoms with Gasteiger partial charge in [-0.25, -0.2) is 0 Å². The van der Waals surface area contributed by atoms with E-state index >= 15 is 0 Å². The minimum Gasteiger partial charge on any atom is -0.328 e. The molecule has 1 aromatic heterocycles. The second-order valence-corrected chi connectivity index (χ2v) is 4.15. The standard InChI is InChI=1S/C13H20N2/c1-11(2)3-5-13(14)6-4-12-7-9-15-10-8-12/h7-10,13H,1,3-6,14H2,2H3. The molecule has 1 unspecified atom stereocenters. The van der Waals surface area contributed by atoms with Gasteiger partial charge in [0.1, 0.15) is 0 Å². The van der Waals surface area contributed by atoms with E-state index in [0.717, 1.165) is 25.7 Å². The number of aromatic nitrogens is 1. The number of rotatable bonds is 6. The van der Waals surface area contributed by atoms with Crippen molar-refractivity contribution in [1.29, 1.82) is 0 Å². The van der Waals surface area contributed by atoms with Gasteiger partial charge in [-0.1, -0.05) is 5.57 Å². The molecule has 2 N–H and O–H groups in total. The van der Waals surface area contributed by atoms with Crippen molar-refractivity contribution in [2.75, 3.05) is 0 Å². The zero-order chi connectivity index (χ0) is 11.1. The maximum Gasteiger partial charge on any atom is 0.0270 e. The van der Waals surface area contributed by atoms with Gasteiger partial charge in [-0.2, -0.15) is 0 Å². The predicted molar refractivity (Wildman–Crippen MR) is 64.6 cm³/mol. The normalized spacial score (nSPS) is 12.4. The Labute approximate surface area is 92.2 Å². The molecule has 0 aliphatic heterocycles. The Morgan fingerprint density at radius 3 is 2.67 bits per heavy atom. The van der Waals surface area contributed by atoms with Crippen molar-refractivity contribution >= 4 is 0 Å². The Balaban J connectivity index is 2.22. The topological polar surface area (TPSA) is 38.9 Å². The lowest BCUT2D eigenvalue weighted by Gasteiger charge is -2.11. The van der Waals surface area contributed by atoms with Crippen LogP contribution >= 0.6 is 0 Å². The van der Waals surface area contributed by atoms with Crippen LogP contribution < -0.4 is 5.73 Å². The minimum absolute atomic E-state index is 0.287. The molecule has 0 saturated carbocycles. The number of nitrogens with zero attached hydrogens (tertiary/aromatic N) is 1. The summed E-state index contributed by atoms with van der Waals surface area (Å²) in [5, 5.41) is 0. The highest BCUT2D eigenvalue weighted by molar-refractivity contribution is 5.09. The van der Waals surface area contributed by atoms with Crippen LogP contribution in [-0.4, -0.2) is 11.0 Å². The molecule has 15 heavy (non-hydrogen) atoms. The van der Waals surface area contributed by atoms with E-state index in [1.54, 1.807) is 0 Å². The third-order valence-electron chi connectivity index (χ3n) is 2.50. The molecule has 2 heteroatoms. The molecule has 0 aliphatic carbocycles. The molecule has 1 atom stereocenters. The summed E-state index contributed by atoms with van der Waals surface area (Å²) < 4.78 is 0. The predicted octanol–water partition coefficient (Wildman–Crippen LogP) is 2.70. The maximum atomic E-state index is 6.01. The Morgan fingerprint density at radius 2 is 2.07 bits per heavy atom. The summed E-state index contributed by atoms with van der Waals surface area (Å²) in [6.45, 7) is 5.93. The summed E-state index contributed by atoms with van der Waals surface area (Å²) in [4.78, 5) is 3.99. The van der Waals surface area contributed by atoms with Crippen LogP contribution in [0.15, 0.2) is 36.7 Å². The van der Waals surface area contributed by atoms with Crippen LogP contribution in [0.4, 0.5) is 0 Å². The van der Waals surface area contributed by atoms with E-state index in [9.17, 15) is 0 Å². The van der Waals surface area contributed by atoms with E-state index in [1.165, 1.54) is 11.1 Å². The fraction of sp³-hybridized carbons (Fsp3) is 0.462. The fourth-order valence-electron chi connectivity index (χ4n) is 1.48. The highest BCUT2D eigenvalue weighted by Gasteiger charge is 2.02. The molecule has 0 aromatic carbocycles. The molecule has 82 valence electrons. The molecule has 1 rings (SSSR count). The molecular formula is C13H20N2. The number of hydrogen-bond acceptors (Lipinski definition) is 2. The Morgan fingerprint density at radius 1 is 1.40 bits per heavy atom. The van der Waals surface area contributed by atoms with E-state index in [4.69, 9.17) is 5.73 Å². The molecule has 0 amide bonds. The number of pyridine rings is 1. The summed E-state index contributed by atoms with van der Waals surface area (Å²) in [6, 6.07) is 4.38. The van der Waals surface area contributed by atoms with Gasteiger partial charge in [0.05, 0.1) is 0 Å². The van der Waals surface area contributed by atoms with E-state index in [2.05, 4.69) is 18.5 Å². The van der Waals surface area contributed by atoms with Crippen LogP contribution in [-0.2, 0) is 6.42 Å². The average molecular weight is 204 g/mol. The van der Waals surface area contributed by atoms with Gasteiger partial charge in [-0.3, -0.25) is 4.98 Å². The van der Waals surface area contributed by atoms with Crippen molar-refractivity contribution in [3.8, 4) is 0 Å². The SMILES string of the molecule is C=C(C)CCC(N)CCc1ccncc1. The second-order valence-electron chi connectivity index (χ2n) is 4.15. The summed E-state index contributed by atoms with van der Waals surface area (Å²) in [6.07, 6.45) is 7.82. The zero-order valence-electron chi connectivity index (χ0n) is 9.45. The monoisotopic (exact) mass is 204 g/mol. The average Bonchev–Trinajstić information content (AvgIpc) is 2.25. The highest BCUT2D eigenvalue weighted by atomic mass is 14.6. The minimum atomic E-state index is 0.287. The van der Waals surface area contributed by atoms with Gasteiger partial charge in [-0.05, 0) is 50.3 Å². The smallest absolute Gasteiger partial charge is 0.0270 e. The van der Waals surface area contributed by atoms with E-state index in [-0.39, 0.29) is 6.04 Å². The van der Waals surface area contributed by atoms with Gasteiger partial charge in [0, 0.05) is 18.4 Å². The summed E-state index contributed by atoms with van der Waals surface area (Å²) in [7, 11) is 0. The van der Waals surface area contributed by atoms with Crippen LogP contribution in [0, 0.1) is 0 Å². The molecule has 0 radical (unpaired) electrons. The lowest BCUT2D eigenvalue weighted by Crippen LogP contribution is -2.20. The molecule has 0 bridgehead atoms. The van der Waals surface area contributed by atoms with Crippen LogP contribution in [0.1, 0.15) is 31.7 Å². The first-order valence-corrected chi connectivity index (χ1v) is 5.47. The zero-order valence-corrected chi connectivity index (χ0v) is 9.45. The number of aryl methyl sites for hydroxylation is 1. The summed E-state index contributed by atoms with van der Waals surface area (Å²) in [5.41, 5.74) is 8.55. The van der Waals surface area contributed by atoms with Crippen molar-refractivity contribution in [3.05, 3.63) is 42.2 Å². The van der Waals surface area contributed by atoms with Crippen LogP contribution in [0.5, 0.6) is 0 Å². The summed E-state index contributed by atoms with van der Waals surface area (Å²) >= 11 is 0. The van der Waals surface area contributed by atoms with Crippen LogP contribution in [0.2, 0.25) is 0 Å². The van der Waals surface area contributed by atoms with Gasteiger partial charge < -0.3 is 5.73 Å². The molecule has 0 aliphatic rings. The first-order chi connectivity index (χ1) is 7.18. The van der Waals surface area contributed by atoms with Crippen molar-refractivity contribution in [1.82, 2.24) is 4.98 Å². The first kappa shape index (κ1) is 11.9. The van der Waals surface area contributed by atoms with Crippen molar-refractivity contribution < 1.29 is 0 Å². The maximum absolute atomic E-state index is 6.01. The lowest BCUT2D eigenvalue weighted by atomic mass is 10.0. The van der Waals surface area contributed by atoms with Crippen molar-refractivity contribution in [2.24, 2.45) is 5.73 Å². The van der Waals surface area contributed by atoms with Gasteiger partial charge in [0.15, 0.2) is 0 Å². The van der Waals surface area contributed by atoms with Gasteiger partial charge in [0.25, 0.3) is 0 Å². The van der Waals surface area contributed by atoms with Gasteiger partial charge in [0.2, 0.25) is 0 Å². The largest absolute Gasteiger partial charge is 0.328 e. The quantitative estimate of drug-likeness (QED) is 0.724. The second kappa shape index (κ2) is 6.36. The van der Waals surface area contributed by atoms with Crippen LogP contribution in [0.3, 0.4) is 0 Å². The Bertz CT molecular complexity index is 293. The fourth-order valence-corrected chi connectivity index (χ4v) is 1.48. The number of nitrogens with two attached hydrogens (primary N) is 1. The lowest BCUT2D eigenvalue weighted by molar-refractivity contribution is 0.567. The van der Waals surface area contributed by atoms with Gasteiger partial charge in [-0.15, -0.1) is 6.58 Å². The van der Waals surface area contributed by atoms with E-state index < -0.39 is 0 Å². The Kier molecular flexibility index (Phi) is 5.05. The summed E-state index contributed by atoms with van der Waals surface area (Å²) in [5.74, 6) is 0. The number of hydrogen-bond donors (Lipinski definition) is 1. The molecule has 0 spiro atoms. The third kappa shape index (κ3) is 5.33. The number of allylic oxidation sites excluding steroid dienone is 1. The Hall–Kier alpha value is -1.15. The van der Waals surface area contributed by atoms with E-state index in [0.29, 0.717) is 0 Å². The molecule has 0 fully saturated rings.